The average Bonchev–Trinajstić information content (AvgIpc) is 3.43. The maximum absolute atomic E-state index is 6.71. The lowest BCUT2D eigenvalue weighted by atomic mass is 9.94. The minimum Gasteiger partial charge on any atom is -0.456 e. The van der Waals surface area contributed by atoms with Crippen LogP contribution in [0, 0.1) is 0 Å². The second-order valence-corrected chi connectivity index (χ2v) is 10.4. The Labute approximate surface area is 239 Å². The van der Waals surface area contributed by atoms with Gasteiger partial charge in [-0.15, -0.1) is 0 Å². The molecule has 1 aromatic heterocycles. The fourth-order valence-corrected chi connectivity index (χ4v) is 5.66. The Morgan fingerprint density at radius 3 is 2.24 bits per heavy atom. The van der Waals surface area contributed by atoms with Gasteiger partial charge in [-0.05, 0) is 46.4 Å². The Hall–Kier alpha value is -5.28. The van der Waals surface area contributed by atoms with Gasteiger partial charge < -0.3 is 15.5 Å². The molecule has 0 aliphatic carbocycles. The molecule has 0 fully saturated rings. The molecule has 1 atom stereocenters. The number of allylic oxidation sites excluding steroid dienone is 2. The molecule has 3 N–H and O–H groups in total. The van der Waals surface area contributed by atoms with Crippen LogP contribution in [0.5, 0.6) is 0 Å². The number of nitrogens with one attached hydrogen (secondary N) is 1. The van der Waals surface area contributed by atoms with E-state index in [2.05, 4.69) is 108 Å². The third-order valence-electron chi connectivity index (χ3n) is 7.80. The molecule has 0 radical (unpaired) electrons. The molecular formula is C38H30N2O. The van der Waals surface area contributed by atoms with Gasteiger partial charge in [0.1, 0.15) is 11.2 Å². The maximum atomic E-state index is 6.71. The van der Waals surface area contributed by atoms with Gasteiger partial charge >= 0.3 is 0 Å². The van der Waals surface area contributed by atoms with Crippen molar-refractivity contribution in [2.24, 2.45) is 5.73 Å². The lowest BCUT2D eigenvalue weighted by Crippen LogP contribution is -2.25. The second-order valence-electron chi connectivity index (χ2n) is 10.4. The molecule has 0 saturated heterocycles. The smallest absolute Gasteiger partial charge is 0.136 e. The number of fused-ring (bicyclic) bond motifs is 3. The van der Waals surface area contributed by atoms with Crippen LogP contribution in [0.1, 0.15) is 22.7 Å². The van der Waals surface area contributed by atoms with E-state index in [0.29, 0.717) is 0 Å². The van der Waals surface area contributed by atoms with E-state index in [-0.39, 0.29) is 6.04 Å². The zero-order valence-corrected chi connectivity index (χ0v) is 22.6. The molecule has 2 heterocycles. The van der Waals surface area contributed by atoms with Crippen LogP contribution in [0.3, 0.4) is 0 Å². The maximum Gasteiger partial charge on any atom is 0.136 e. The van der Waals surface area contributed by atoms with Crippen LogP contribution in [0.2, 0.25) is 0 Å². The topological polar surface area (TPSA) is 51.2 Å². The first-order valence-corrected chi connectivity index (χ1v) is 14.0. The van der Waals surface area contributed by atoms with Crippen LogP contribution >= 0.6 is 0 Å². The first kappa shape index (κ1) is 24.7. The monoisotopic (exact) mass is 530 g/mol. The summed E-state index contributed by atoms with van der Waals surface area (Å²) in [7, 11) is 0. The summed E-state index contributed by atoms with van der Waals surface area (Å²) in [5.74, 6) is 0. The van der Waals surface area contributed by atoms with Crippen molar-refractivity contribution in [3.05, 3.63) is 174 Å². The van der Waals surface area contributed by atoms with Crippen molar-refractivity contribution in [3.8, 4) is 11.1 Å². The van der Waals surface area contributed by atoms with Gasteiger partial charge in [0.05, 0.1) is 6.04 Å². The lowest BCUT2D eigenvalue weighted by molar-refractivity contribution is 0.669. The average molecular weight is 531 g/mol. The van der Waals surface area contributed by atoms with Crippen molar-refractivity contribution in [1.29, 1.82) is 0 Å². The molecule has 1 aliphatic heterocycles. The molecule has 0 spiro atoms. The summed E-state index contributed by atoms with van der Waals surface area (Å²) in [4.78, 5) is 0. The van der Waals surface area contributed by atoms with Gasteiger partial charge in [0, 0.05) is 27.7 Å². The first-order valence-electron chi connectivity index (χ1n) is 14.0. The Bertz CT molecular complexity index is 1930. The molecular weight excluding hydrogens is 500 g/mol. The lowest BCUT2D eigenvalue weighted by Gasteiger charge is -2.26. The van der Waals surface area contributed by atoms with E-state index in [4.69, 9.17) is 10.2 Å². The van der Waals surface area contributed by atoms with Crippen LogP contribution < -0.4 is 11.1 Å². The predicted molar refractivity (Wildman–Crippen MR) is 170 cm³/mol. The molecule has 5 aromatic carbocycles. The molecule has 1 unspecified atom stereocenters. The van der Waals surface area contributed by atoms with E-state index < -0.39 is 0 Å². The van der Waals surface area contributed by atoms with E-state index in [1.807, 2.05) is 42.5 Å². The number of rotatable bonds is 5. The number of nitrogens with two attached hydrogens (primary N) is 1. The van der Waals surface area contributed by atoms with E-state index >= 15 is 0 Å². The van der Waals surface area contributed by atoms with Crippen molar-refractivity contribution in [2.75, 3.05) is 0 Å². The van der Waals surface area contributed by atoms with E-state index in [1.54, 1.807) is 0 Å². The number of benzene rings is 5. The van der Waals surface area contributed by atoms with Crippen molar-refractivity contribution >= 4 is 27.6 Å². The summed E-state index contributed by atoms with van der Waals surface area (Å²) in [5.41, 5.74) is 17.2. The summed E-state index contributed by atoms with van der Waals surface area (Å²) in [6.07, 6.45) is 7.38. The molecule has 0 amide bonds. The number of para-hydroxylation sites is 1. The molecule has 1 aliphatic rings. The van der Waals surface area contributed by atoms with Gasteiger partial charge in [-0.25, -0.2) is 0 Å². The Morgan fingerprint density at radius 1 is 0.732 bits per heavy atom. The molecule has 198 valence electrons. The molecule has 6 aromatic rings. The fraction of sp³-hybridized carbons (Fsp3) is 0.0526. The molecule has 0 bridgehead atoms. The minimum absolute atomic E-state index is 0.0856. The third kappa shape index (κ3) is 4.83. The predicted octanol–water partition coefficient (Wildman–Crippen LogP) is 8.95. The van der Waals surface area contributed by atoms with Crippen LogP contribution in [-0.4, -0.2) is 0 Å². The zero-order valence-electron chi connectivity index (χ0n) is 22.6. The van der Waals surface area contributed by atoms with Crippen LogP contribution in [-0.2, 0) is 6.42 Å². The number of hydrogen-bond acceptors (Lipinski definition) is 3. The largest absolute Gasteiger partial charge is 0.456 e. The highest BCUT2D eigenvalue weighted by atomic mass is 16.3. The standard InChI is InChI=1S/C38H30N2O/c39-38(29-12-5-2-6-13-29)31-23-25-33(28-10-3-1-4-11-28)40-34(31)24-20-26-18-21-27(22-19-26)30-15-9-17-36-37(30)32-14-7-8-16-35(32)41-36/h1-19,21-25,33,40H,20,39H2/b34-24+,38-31-. The second kappa shape index (κ2) is 10.7. The van der Waals surface area contributed by atoms with Crippen molar-refractivity contribution < 1.29 is 4.42 Å². The normalized spacial score (nSPS) is 17.2. The molecule has 41 heavy (non-hydrogen) atoms. The third-order valence-corrected chi connectivity index (χ3v) is 7.80. The minimum atomic E-state index is 0.0856. The van der Waals surface area contributed by atoms with Gasteiger partial charge in [-0.2, -0.15) is 0 Å². The summed E-state index contributed by atoms with van der Waals surface area (Å²) in [6.45, 7) is 0. The Balaban J connectivity index is 1.21. The van der Waals surface area contributed by atoms with Gasteiger partial charge in [0.2, 0.25) is 0 Å². The molecule has 0 saturated carbocycles. The number of furan rings is 1. The highest BCUT2D eigenvalue weighted by Gasteiger charge is 2.19. The van der Waals surface area contributed by atoms with Crippen molar-refractivity contribution in [2.45, 2.75) is 12.5 Å². The van der Waals surface area contributed by atoms with Crippen LogP contribution in [0.15, 0.2) is 161 Å². The van der Waals surface area contributed by atoms with Gasteiger partial charge in [-0.3, -0.25) is 0 Å². The van der Waals surface area contributed by atoms with E-state index in [9.17, 15) is 0 Å². The Morgan fingerprint density at radius 2 is 1.44 bits per heavy atom. The summed E-state index contributed by atoms with van der Waals surface area (Å²) < 4.78 is 6.11. The van der Waals surface area contributed by atoms with Crippen molar-refractivity contribution in [1.82, 2.24) is 5.32 Å². The number of hydrogen-bond donors (Lipinski definition) is 2. The Kier molecular flexibility index (Phi) is 6.46. The van der Waals surface area contributed by atoms with Gasteiger partial charge in [-0.1, -0.05) is 133 Å². The fourth-order valence-electron chi connectivity index (χ4n) is 5.66. The SMILES string of the molecule is N/C(=C1/C=CC(c2ccccc2)N/C1=C/Cc1ccc(-c2cccc3oc4ccccc4c23)cc1)c1ccccc1. The highest BCUT2D eigenvalue weighted by molar-refractivity contribution is 6.12. The van der Waals surface area contributed by atoms with Gasteiger partial charge in [0.15, 0.2) is 0 Å². The quantitative estimate of drug-likeness (QED) is 0.234. The van der Waals surface area contributed by atoms with Crippen LogP contribution in [0.4, 0.5) is 0 Å². The summed E-state index contributed by atoms with van der Waals surface area (Å²) in [6, 6.07) is 44.1. The zero-order chi connectivity index (χ0) is 27.6. The van der Waals surface area contributed by atoms with Crippen molar-refractivity contribution in [3.63, 3.8) is 0 Å². The molecule has 3 heteroatoms. The first-order chi connectivity index (χ1) is 20.2. The van der Waals surface area contributed by atoms with Crippen LogP contribution in [0.25, 0.3) is 38.8 Å². The van der Waals surface area contributed by atoms with Gasteiger partial charge in [0.25, 0.3) is 0 Å². The van der Waals surface area contributed by atoms with E-state index in [1.165, 1.54) is 22.3 Å². The summed E-state index contributed by atoms with van der Waals surface area (Å²) >= 11 is 0. The summed E-state index contributed by atoms with van der Waals surface area (Å²) in [5, 5.41) is 6.04. The van der Waals surface area contributed by atoms with E-state index in [0.717, 1.165) is 50.9 Å². The molecule has 7 rings (SSSR count). The molecule has 3 nitrogen and oxygen atoms in total. The highest BCUT2D eigenvalue weighted by Crippen LogP contribution is 2.36.